The molecule has 1 heterocycles. The molecule has 0 fully saturated rings. The fourth-order valence-corrected chi connectivity index (χ4v) is 3.08. The predicted octanol–water partition coefficient (Wildman–Crippen LogP) is 0.492. The molecule has 17 heavy (non-hydrogen) atoms. The van der Waals surface area contributed by atoms with Crippen LogP contribution in [-0.4, -0.2) is 27.4 Å². The van der Waals surface area contributed by atoms with E-state index in [2.05, 4.69) is 0 Å². The molecule has 0 saturated heterocycles. The second kappa shape index (κ2) is 5.05. The van der Waals surface area contributed by atoms with Crippen molar-refractivity contribution in [1.29, 1.82) is 5.26 Å². The Morgan fingerprint density at radius 2 is 2.18 bits per heavy atom. The average molecular weight is 281 g/mol. The number of hydrogen-bond donors (Lipinski definition) is 2. The molecule has 0 aliphatic heterocycles. The third-order valence-corrected chi connectivity index (χ3v) is 4.66. The highest BCUT2D eigenvalue weighted by Gasteiger charge is 2.29. The van der Waals surface area contributed by atoms with Gasteiger partial charge in [-0.25, -0.2) is 21.9 Å². The second-order valence-corrected chi connectivity index (χ2v) is 6.19. The van der Waals surface area contributed by atoms with Crippen LogP contribution in [0.1, 0.15) is 4.88 Å². The molecule has 0 atom stereocenters. The van der Waals surface area contributed by atoms with E-state index in [0.717, 1.165) is 0 Å². The number of nitrogens with zero attached hydrogens (tertiary/aromatic N) is 1. The van der Waals surface area contributed by atoms with Gasteiger partial charge in [0.1, 0.15) is 15.2 Å². The van der Waals surface area contributed by atoms with Crippen molar-refractivity contribution in [2.24, 2.45) is 5.73 Å². The Morgan fingerprint density at radius 3 is 2.65 bits per heavy atom. The summed E-state index contributed by atoms with van der Waals surface area (Å²) < 4.78 is 50.2. The van der Waals surface area contributed by atoms with Crippen LogP contribution in [0.25, 0.3) is 0 Å². The molecule has 0 bridgehead atoms. The van der Waals surface area contributed by atoms with E-state index in [1.54, 1.807) is 10.8 Å². The van der Waals surface area contributed by atoms with Gasteiger partial charge in [0.25, 0.3) is 5.92 Å². The van der Waals surface area contributed by atoms with Crippen LogP contribution < -0.4 is 10.5 Å². The highest BCUT2D eigenvalue weighted by Crippen LogP contribution is 2.21. The van der Waals surface area contributed by atoms with Gasteiger partial charge in [0.2, 0.25) is 10.0 Å². The van der Waals surface area contributed by atoms with Crippen LogP contribution in [0.15, 0.2) is 16.3 Å². The van der Waals surface area contributed by atoms with Crippen molar-refractivity contribution < 1.29 is 17.2 Å². The lowest BCUT2D eigenvalue weighted by Gasteiger charge is -2.13. The van der Waals surface area contributed by atoms with E-state index in [0.29, 0.717) is 11.3 Å². The molecule has 0 spiro atoms. The van der Waals surface area contributed by atoms with Crippen LogP contribution in [0.3, 0.4) is 0 Å². The third-order valence-electron chi connectivity index (χ3n) is 1.78. The van der Waals surface area contributed by atoms with Gasteiger partial charge in [-0.05, 0) is 12.1 Å². The first-order valence-corrected chi connectivity index (χ1v) is 6.68. The Kier molecular flexibility index (Phi) is 4.16. The van der Waals surface area contributed by atoms with Crippen LogP contribution in [0, 0.1) is 11.3 Å². The Balaban J connectivity index is 2.80. The molecular weight excluding hydrogens is 272 g/mol. The highest BCUT2D eigenvalue weighted by atomic mass is 32.2. The van der Waals surface area contributed by atoms with E-state index in [1.807, 2.05) is 0 Å². The highest BCUT2D eigenvalue weighted by molar-refractivity contribution is 7.91. The van der Waals surface area contributed by atoms with Crippen molar-refractivity contribution in [2.75, 3.05) is 13.1 Å². The van der Waals surface area contributed by atoms with Crippen LogP contribution in [0.2, 0.25) is 0 Å². The van der Waals surface area contributed by atoms with Gasteiger partial charge in [-0.2, -0.15) is 5.26 Å². The lowest BCUT2D eigenvalue weighted by Crippen LogP contribution is -2.41. The zero-order valence-electron chi connectivity index (χ0n) is 8.48. The molecule has 0 aliphatic carbocycles. The van der Waals surface area contributed by atoms with Crippen molar-refractivity contribution >= 4 is 21.4 Å². The van der Waals surface area contributed by atoms with Crippen LogP contribution >= 0.6 is 11.3 Å². The van der Waals surface area contributed by atoms with E-state index >= 15 is 0 Å². The number of thiophene rings is 1. The van der Waals surface area contributed by atoms with Crippen molar-refractivity contribution in [3.8, 4) is 6.07 Å². The topological polar surface area (TPSA) is 96.0 Å². The molecule has 0 unspecified atom stereocenters. The lowest BCUT2D eigenvalue weighted by molar-refractivity contribution is 0.0170. The van der Waals surface area contributed by atoms with Gasteiger partial charge in [-0.15, -0.1) is 11.3 Å². The molecule has 0 amide bonds. The first-order chi connectivity index (χ1) is 7.80. The molecule has 94 valence electrons. The Bertz CT molecular complexity index is 533. The van der Waals surface area contributed by atoms with Gasteiger partial charge >= 0.3 is 0 Å². The van der Waals surface area contributed by atoms with Crippen LogP contribution in [-0.2, 0) is 10.0 Å². The van der Waals surface area contributed by atoms with E-state index < -0.39 is 29.0 Å². The lowest BCUT2D eigenvalue weighted by atomic mass is 10.3. The van der Waals surface area contributed by atoms with Crippen LogP contribution in [0.5, 0.6) is 0 Å². The Hall–Kier alpha value is -1.08. The van der Waals surface area contributed by atoms with E-state index in [1.165, 1.54) is 12.1 Å². The number of hydrogen-bond acceptors (Lipinski definition) is 5. The van der Waals surface area contributed by atoms with Crippen molar-refractivity contribution in [2.45, 2.75) is 10.1 Å². The summed E-state index contributed by atoms with van der Waals surface area (Å²) in [6.07, 6.45) is 0. The zero-order chi connectivity index (χ0) is 13.1. The van der Waals surface area contributed by atoms with E-state index in [9.17, 15) is 17.2 Å². The molecule has 1 rings (SSSR count). The van der Waals surface area contributed by atoms with Gasteiger partial charge in [0, 0.05) is 0 Å². The summed E-state index contributed by atoms with van der Waals surface area (Å²) in [7, 11) is -4.01. The summed E-state index contributed by atoms with van der Waals surface area (Å²) in [6.45, 7) is -2.00. The molecule has 0 radical (unpaired) electrons. The molecule has 1 aromatic rings. The summed E-state index contributed by atoms with van der Waals surface area (Å²) in [4.78, 5) is 0.191. The zero-order valence-corrected chi connectivity index (χ0v) is 10.1. The van der Waals surface area contributed by atoms with Crippen molar-refractivity contribution in [3.63, 3.8) is 0 Å². The van der Waals surface area contributed by atoms with E-state index in [-0.39, 0.29) is 9.09 Å². The SMILES string of the molecule is N#Cc1ccc(S(=O)(=O)NCC(F)(F)CN)s1. The maximum Gasteiger partial charge on any atom is 0.273 e. The summed E-state index contributed by atoms with van der Waals surface area (Å²) in [5.41, 5.74) is 4.77. The minimum atomic E-state index is -4.01. The van der Waals surface area contributed by atoms with Gasteiger partial charge in [0.15, 0.2) is 0 Å². The fourth-order valence-electron chi connectivity index (χ4n) is 0.869. The monoisotopic (exact) mass is 281 g/mol. The number of nitrogens with one attached hydrogen (secondary N) is 1. The smallest absolute Gasteiger partial charge is 0.273 e. The maximum atomic E-state index is 12.8. The average Bonchev–Trinajstić information content (AvgIpc) is 2.76. The van der Waals surface area contributed by atoms with Gasteiger partial charge in [-0.1, -0.05) is 0 Å². The van der Waals surface area contributed by atoms with Crippen molar-refractivity contribution in [1.82, 2.24) is 4.72 Å². The minimum absolute atomic E-state index is 0.179. The minimum Gasteiger partial charge on any atom is -0.325 e. The number of alkyl halides is 2. The van der Waals surface area contributed by atoms with Gasteiger partial charge in [0.05, 0.1) is 13.1 Å². The third kappa shape index (κ3) is 3.71. The summed E-state index contributed by atoms with van der Waals surface area (Å²) in [5.74, 6) is -3.29. The normalized spacial score (nSPS) is 12.4. The maximum absolute atomic E-state index is 12.8. The number of halogens is 2. The molecule has 3 N–H and O–H groups in total. The van der Waals surface area contributed by atoms with Crippen LogP contribution in [0.4, 0.5) is 8.78 Å². The first kappa shape index (κ1) is 14.0. The van der Waals surface area contributed by atoms with E-state index in [4.69, 9.17) is 11.0 Å². The molecule has 0 saturated carbocycles. The molecular formula is C8H9F2N3O2S2. The van der Waals surface area contributed by atoms with Gasteiger partial charge < -0.3 is 5.73 Å². The predicted molar refractivity (Wildman–Crippen MR) is 58.2 cm³/mol. The largest absolute Gasteiger partial charge is 0.325 e. The number of rotatable bonds is 5. The Labute approximate surface area is 101 Å². The van der Waals surface area contributed by atoms with Crippen molar-refractivity contribution in [3.05, 3.63) is 17.0 Å². The molecule has 0 aromatic carbocycles. The van der Waals surface area contributed by atoms with Gasteiger partial charge in [-0.3, -0.25) is 0 Å². The number of sulfonamides is 1. The summed E-state index contributed by atoms with van der Waals surface area (Å²) in [6, 6.07) is 4.25. The summed E-state index contributed by atoms with van der Waals surface area (Å²) >= 11 is 0.710. The standard InChI is InChI=1S/C8H9F2N3O2S2/c9-8(10,4-12)5-13-17(14,15)7-2-1-6(3-11)16-7/h1-2,13H,4-5,12H2. The molecule has 1 aromatic heterocycles. The Morgan fingerprint density at radius 1 is 1.53 bits per heavy atom. The fraction of sp³-hybridized carbons (Fsp3) is 0.375. The number of nitrogens with two attached hydrogens (primary N) is 1. The number of nitriles is 1. The quantitative estimate of drug-likeness (QED) is 0.821. The summed E-state index contributed by atoms with van der Waals surface area (Å²) in [5, 5.41) is 8.52. The molecule has 9 heteroatoms. The molecule has 0 aliphatic rings. The molecule has 5 nitrogen and oxygen atoms in total. The second-order valence-electron chi connectivity index (χ2n) is 3.12. The first-order valence-electron chi connectivity index (χ1n) is 4.38.